The number of carbonyl (C=O) groups is 9. The van der Waals surface area contributed by atoms with Gasteiger partial charge in [-0.3, -0.25) is 43.6 Å². The Bertz CT molecular complexity index is 1490. The van der Waals surface area contributed by atoms with Crippen LogP contribution in [0.1, 0.15) is 84.5 Å². The van der Waals surface area contributed by atoms with E-state index in [1.54, 1.807) is 0 Å². The van der Waals surface area contributed by atoms with E-state index in [2.05, 4.69) is 49.8 Å². The predicted molar refractivity (Wildman–Crippen MR) is 216 cm³/mol. The smallest absolute Gasteiger partial charge is 0.315 e. The molecule has 10 amide bonds. The second-order valence-electron chi connectivity index (χ2n) is 15.2. The van der Waals surface area contributed by atoms with E-state index in [-0.39, 0.29) is 55.1 Å². The molecule has 0 aromatic heterocycles. The Labute approximate surface area is 347 Å². The minimum Gasteiger partial charge on any atom is -0.368 e. The maximum Gasteiger partial charge on any atom is 0.315 e. The van der Waals surface area contributed by atoms with Gasteiger partial charge in [0.05, 0.1) is 25.2 Å². The molecule has 0 aromatic rings. The molecule has 0 spiro atoms. The van der Waals surface area contributed by atoms with Crippen molar-refractivity contribution in [1.29, 1.82) is 0 Å². The minimum absolute atomic E-state index is 0.0430. The SMILES string of the molecule is CC(C)CC(CC(=O)NO)C(=O)N[C@@H](CS)C(=O)N1CCC[C@H]1C(=O)NCC(=O)NCC(=O)N[C@@H](CCCCNC(=O)CCCC[C@@H]1SC[C@@H]2NC(=O)N[C@@H]21)C(N)=O. The molecule has 3 heterocycles. The van der Waals surface area contributed by atoms with Crippen molar-refractivity contribution in [2.75, 3.05) is 37.7 Å². The van der Waals surface area contributed by atoms with Gasteiger partial charge < -0.3 is 47.9 Å². The van der Waals surface area contributed by atoms with E-state index in [1.807, 2.05) is 25.6 Å². The molecule has 0 saturated carbocycles. The molecule has 0 radical (unpaired) electrons. The molecule has 22 heteroatoms. The summed E-state index contributed by atoms with van der Waals surface area (Å²) in [6, 6.07) is -2.81. The number of likely N-dealkylation sites (tertiary alicyclic amines) is 1. The van der Waals surface area contributed by atoms with Crippen LogP contribution in [0.2, 0.25) is 0 Å². The summed E-state index contributed by atoms with van der Waals surface area (Å²) in [5.41, 5.74) is 6.98. The zero-order chi connectivity index (χ0) is 42.8. The quantitative estimate of drug-likeness (QED) is 0.0160. The molecule has 0 aliphatic carbocycles. The fourth-order valence-electron chi connectivity index (χ4n) is 7.22. The molecule has 3 aliphatic rings. The summed E-state index contributed by atoms with van der Waals surface area (Å²) in [6.45, 7) is 3.36. The Morgan fingerprint density at radius 2 is 1.66 bits per heavy atom. The number of primary amides is 1. The number of hydrogen-bond donors (Lipinski definition) is 11. The molecule has 11 N–H and O–H groups in total. The van der Waals surface area contributed by atoms with Gasteiger partial charge in [0.2, 0.25) is 47.3 Å². The standard InChI is InChI=1S/C36H60N10O10S2/c1-20(2)14-21(15-28(48)45-56)33(52)42-23(18-57)35(54)46-13-7-9-25(46)34(53)40-16-29(49)39-17-30(50)41-22(32(37)51)8-5-6-12-38-27(47)11-4-3-10-26-31-24(19-58-26)43-36(55)44-31/h20-26,31,56-57H,3-19H2,1-2H3,(H2,37,51)(H,38,47)(H,39,49)(H,40,53)(H,41,50)(H,42,52)(H,45,48)(H2,43,44,55)/t21?,22-,23-,24-,25-,26-,31-/m0/s1. The zero-order valence-corrected chi connectivity index (χ0v) is 34.9. The number of rotatable bonds is 25. The summed E-state index contributed by atoms with van der Waals surface area (Å²) in [4.78, 5) is 113. The fraction of sp³-hybridized carbons (Fsp3) is 0.750. The molecular weight excluding hydrogens is 797 g/mol. The van der Waals surface area contributed by atoms with Crippen molar-refractivity contribution in [3.63, 3.8) is 0 Å². The maximum atomic E-state index is 13.4. The number of nitrogens with two attached hydrogens (primary N) is 1. The summed E-state index contributed by atoms with van der Waals surface area (Å²) in [5, 5.41) is 27.9. The van der Waals surface area contributed by atoms with Gasteiger partial charge >= 0.3 is 6.03 Å². The molecule has 58 heavy (non-hydrogen) atoms. The van der Waals surface area contributed by atoms with E-state index in [0.29, 0.717) is 50.3 Å². The molecule has 326 valence electrons. The summed E-state index contributed by atoms with van der Waals surface area (Å²) in [5.74, 6) is -4.61. The molecule has 3 rings (SSSR count). The van der Waals surface area contributed by atoms with E-state index in [0.717, 1.165) is 25.0 Å². The number of hydrogen-bond acceptors (Lipinski definition) is 12. The molecule has 3 aliphatic heterocycles. The van der Waals surface area contributed by atoms with Gasteiger partial charge in [-0.15, -0.1) is 0 Å². The van der Waals surface area contributed by atoms with Crippen LogP contribution in [-0.2, 0) is 38.4 Å². The number of nitrogens with zero attached hydrogens (tertiary/aromatic N) is 1. The molecule has 1 unspecified atom stereocenters. The van der Waals surface area contributed by atoms with Gasteiger partial charge in [0.1, 0.15) is 18.1 Å². The number of carbonyl (C=O) groups excluding carboxylic acids is 9. The Balaban J connectivity index is 1.31. The van der Waals surface area contributed by atoms with E-state index >= 15 is 0 Å². The maximum absolute atomic E-state index is 13.4. The number of amides is 10. The number of nitrogens with one attached hydrogen (secondary N) is 8. The van der Waals surface area contributed by atoms with E-state index in [9.17, 15) is 43.2 Å². The normalized spacial score (nSPS) is 21.1. The summed E-state index contributed by atoms with van der Waals surface area (Å²) in [6.07, 6.45) is 5.02. The van der Waals surface area contributed by atoms with Crippen molar-refractivity contribution in [2.24, 2.45) is 17.6 Å². The number of fused-ring (bicyclic) bond motifs is 1. The Hall–Kier alpha value is -4.31. The van der Waals surface area contributed by atoms with Crippen molar-refractivity contribution in [1.82, 2.24) is 47.6 Å². The van der Waals surface area contributed by atoms with E-state index < -0.39 is 78.5 Å². The molecule has 7 atom stereocenters. The third kappa shape index (κ3) is 15.8. The van der Waals surface area contributed by atoms with Gasteiger partial charge in [0.15, 0.2) is 0 Å². The highest BCUT2D eigenvalue weighted by molar-refractivity contribution is 8.00. The largest absolute Gasteiger partial charge is 0.368 e. The molecule has 3 saturated heterocycles. The highest BCUT2D eigenvalue weighted by Crippen LogP contribution is 2.33. The monoisotopic (exact) mass is 856 g/mol. The van der Waals surface area contributed by atoms with Crippen molar-refractivity contribution in [2.45, 2.75) is 120 Å². The molecule has 0 bridgehead atoms. The first-order valence-corrected chi connectivity index (χ1v) is 21.5. The second-order valence-corrected chi connectivity index (χ2v) is 16.9. The van der Waals surface area contributed by atoms with Crippen LogP contribution in [0.3, 0.4) is 0 Å². The first kappa shape index (κ1) is 48.1. The van der Waals surface area contributed by atoms with Crippen molar-refractivity contribution in [3.05, 3.63) is 0 Å². The summed E-state index contributed by atoms with van der Waals surface area (Å²) >= 11 is 6.05. The highest BCUT2D eigenvalue weighted by atomic mass is 32.2. The van der Waals surface area contributed by atoms with Crippen LogP contribution in [0.25, 0.3) is 0 Å². The van der Waals surface area contributed by atoms with E-state index in [4.69, 9.17) is 10.9 Å². The van der Waals surface area contributed by atoms with Crippen molar-refractivity contribution >= 4 is 77.7 Å². The zero-order valence-electron chi connectivity index (χ0n) is 33.1. The van der Waals surface area contributed by atoms with E-state index in [1.165, 1.54) is 10.4 Å². The van der Waals surface area contributed by atoms with Crippen molar-refractivity contribution < 1.29 is 48.4 Å². The third-order valence-corrected chi connectivity index (χ3v) is 12.1. The minimum atomic E-state index is -1.10. The lowest BCUT2D eigenvalue weighted by atomic mass is 9.92. The Morgan fingerprint density at radius 1 is 0.914 bits per heavy atom. The molecular formula is C36H60N10O10S2. The van der Waals surface area contributed by atoms with Gasteiger partial charge in [0, 0.05) is 48.6 Å². The second kappa shape index (κ2) is 24.6. The van der Waals surface area contributed by atoms with Crippen LogP contribution in [0.4, 0.5) is 4.79 Å². The lowest BCUT2D eigenvalue weighted by Gasteiger charge is -2.29. The van der Waals surface area contributed by atoms with Crippen molar-refractivity contribution in [3.8, 4) is 0 Å². The highest BCUT2D eigenvalue weighted by Gasteiger charge is 2.42. The molecule has 0 aromatic carbocycles. The first-order valence-electron chi connectivity index (χ1n) is 19.9. The molecule has 3 fully saturated rings. The van der Waals surface area contributed by atoms with Gasteiger partial charge in [-0.1, -0.05) is 20.3 Å². The van der Waals surface area contributed by atoms with Crippen LogP contribution in [0, 0.1) is 11.8 Å². The lowest BCUT2D eigenvalue weighted by molar-refractivity contribution is -0.142. The van der Waals surface area contributed by atoms with Gasteiger partial charge in [0.25, 0.3) is 0 Å². The average molecular weight is 857 g/mol. The topological polar surface area (TPSA) is 299 Å². The predicted octanol–water partition coefficient (Wildman–Crippen LogP) is -1.84. The van der Waals surface area contributed by atoms with Crippen LogP contribution in [0.5, 0.6) is 0 Å². The number of thiol groups is 1. The van der Waals surface area contributed by atoms with Crippen LogP contribution in [0.15, 0.2) is 0 Å². The van der Waals surface area contributed by atoms with Crippen LogP contribution >= 0.6 is 24.4 Å². The summed E-state index contributed by atoms with van der Waals surface area (Å²) < 4.78 is 0. The van der Waals surface area contributed by atoms with Gasteiger partial charge in [-0.2, -0.15) is 24.4 Å². The Kier molecular flexibility index (Phi) is 20.4. The lowest BCUT2D eigenvalue weighted by Crippen LogP contribution is -2.55. The average Bonchev–Trinajstić information content (AvgIpc) is 3.92. The molecule has 20 nitrogen and oxygen atoms in total. The van der Waals surface area contributed by atoms with Crippen LogP contribution in [-0.4, -0.2) is 137 Å². The summed E-state index contributed by atoms with van der Waals surface area (Å²) in [7, 11) is 0. The number of urea groups is 1. The number of hydroxylamine groups is 1. The Morgan fingerprint density at radius 3 is 2.34 bits per heavy atom. The first-order chi connectivity index (χ1) is 27.6. The van der Waals surface area contributed by atoms with Gasteiger partial charge in [-0.25, -0.2) is 10.3 Å². The van der Waals surface area contributed by atoms with Crippen LogP contribution < -0.4 is 48.4 Å². The van der Waals surface area contributed by atoms with Gasteiger partial charge in [-0.05, 0) is 57.3 Å². The number of unbranched alkanes of at least 4 members (excludes halogenated alkanes) is 2. The third-order valence-electron chi connectivity index (χ3n) is 10.2. The fourth-order valence-corrected chi connectivity index (χ4v) is 9.01. The number of thioether (sulfide) groups is 1.